The molecule has 2 bridgehead atoms. The summed E-state index contributed by atoms with van der Waals surface area (Å²) in [4.78, 5) is 65.6. The number of esters is 1. The van der Waals surface area contributed by atoms with Crippen LogP contribution >= 0.6 is 0 Å². The number of imide groups is 1. The van der Waals surface area contributed by atoms with Crippen molar-refractivity contribution in [3.8, 4) is 0 Å². The van der Waals surface area contributed by atoms with Crippen LogP contribution in [0.15, 0.2) is 97.1 Å². The Hall–Kier alpha value is -5.37. The highest BCUT2D eigenvalue weighted by molar-refractivity contribution is 6.23. The van der Waals surface area contributed by atoms with Gasteiger partial charge < -0.3 is 10.1 Å². The van der Waals surface area contributed by atoms with Gasteiger partial charge in [0.1, 0.15) is 0 Å². The Balaban J connectivity index is 1.07. The zero-order valence-electron chi connectivity index (χ0n) is 23.2. The van der Waals surface area contributed by atoms with Gasteiger partial charge in [0.25, 0.3) is 5.91 Å². The molecule has 0 saturated carbocycles. The third-order valence-corrected chi connectivity index (χ3v) is 8.70. The molecule has 4 aromatic carbocycles. The number of nitrogens with zero attached hydrogens (tertiary/aromatic N) is 1. The fourth-order valence-corrected chi connectivity index (χ4v) is 6.91. The third kappa shape index (κ3) is 4.25. The van der Waals surface area contributed by atoms with Gasteiger partial charge in [0, 0.05) is 23.1 Å². The number of benzene rings is 4. The van der Waals surface area contributed by atoms with Crippen LogP contribution in [0.25, 0.3) is 0 Å². The number of carbonyl (C=O) groups excluding carboxylic acids is 5. The number of hydrogen-bond donors (Lipinski definition) is 1. The number of rotatable bonds is 6. The standard InChI is InChI=1S/C35H26N2O6/c1-19(38)21-7-6-8-22(17-21)36-28(39)18-43-35(42)20-13-15-23(16-14-20)37-33(40)31-29-24-9-2-3-10-25(24)30(32(31)34(37)41)27-12-5-4-11-26(27)29/h2-17,29-32H,18H2,1H3,(H,36,39)/t29?,30?,31-,32-/m1/s1. The van der Waals surface area contributed by atoms with Crippen LogP contribution in [0.2, 0.25) is 0 Å². The molecule has 0 unspecified atom stereocenters. The number of ketones is 1. The average molecular weight is 571 g/mol. The number of carbonyl (C=O) groups is 5. The van der Waals surface area contributed by atoms with Crippen LogP contribution < -0.4 is 10.2 Å². The molecular weight excluding hydrogens is 544 g/mol. The monoisotopic (exact) mass is 570 g/mol. The largest absolute Gasteiger partial charge is 0.452 e. The lowest BCUT2D eigenvalue weighted by atomic mass is 9.55. The molecule has 43 heavy (non-hydrogen) atoms. The van der Waals surface area contributed by atoms with E-state index < -0.39 is 30.3 Å². The Kier molecular flexibility index (Phi) is 6.27. The van der Waals surface area contributed by atoms with E-state index in [0.717, 1.165) is 22.3 Å². The number of anilines is 2. The lowest BCUT2D eigenvalue weighted by Gasteiger charge is -2.45. The Morgan fingerprint density at radius 2 is 1.23 bits per heavy atom. The van der Waals surface area contributed by atoms with E-state index in [1.807, 2.05) is 24.3 Å². The number of ether oxygens (including phenoxy) is 1. The van der Waals surface area contributed by atoms with Gasteiger partial charge in [-0.25, -0.2) is 9.69 Å². The van der Waals surface area contributed by atoms with Crippen molar-refractivity contribution in [2.75, 3.05) is 16.8 Å². The van der Waals surface area contributed by atoms with Gasteiger partial charge in [-0.2, -0.15) is 0 Å². The van der Waals surface area contributed by atoms with Crippen LogP contribution in [-0.4, -0.2) is 36.1 Å². The Morgan fingerprint density at radius 3 is 1.74 bits per heavy atom. The van der Waals surface area contributed by atoms with Gasteiger partial charge in [-0.15, -0.1) is 0 Å². The highest BCUT2D eigenvalue weighted by atomic mass is 16.5. The van der Waals surface area contributed by atoms with Gasteiger partial charge in [0.2, 0.25) is 11.8 Å². The SMILES string of the molecule is CC(=O)c1cccc(NC(=O)COC(=O)c2ccc(N3C(=O)[C@@H]4C5c6ccccc6C(c6ccccc65)[C@H]4C3=O)cc2)c1. The predicted octanol–water partition coefficient (Wildman–Crippen LogP) is 5.08. The summed E-state index contributed by atoms with van der Waals surface area (Å²) in [7, 11) is 0. The number of nitrogens with one attached hydrogen (secondary N) is 1. The summed E-state index contributed by atoms with van der Waals surface area (Å²) in [5, 5.41) is 2.60. The Bertz CT molecular complexity index is 1730. The van der Waals surface area contributed by atoms with Crippen molar-refractivity contribution < 1.29 is 28.7 Å². The maximum absolute atomic E-state index is 13.9. The number of amides is 3. The van der Waals surface area contributed by atoms with Gasteiger partial charge >= 0.3 is 5.97 Å². The highest BCUT2D eigenvalue weighted by Crippen LogP contribution is 2.61. The molecule has 2 atom stereocenters. The van der Waals surface area contributed by atoms with Gasteiger partial charge in [-0.3, -0.25) is 19.2 Å². The molecule has 1 heterocycles. The van der Waals surface area contributed by atoms with Crippen LogP contribution in [0.5, 0.6) is 0 Å². The minimum Gasteiger partial charge on any atom is -0.452 e. The molecule has 8 rings (SSSR count). The highest BCUT2D eigenvalue weighted by Gasteiger charge is 2.61. The summed E-state index contributed by atoms with van der Waals surface area (Å²) in [6.45, 7) is 0.903. The van der Waals surface area contributed by atoms with Crippen LogP contribution in [0, 0.1) is 11.8 Å². The molecule has 0 aromatic heterocycles. The Labute approximate surface area is 247 Å². The molecule has 8 nitrogen and oxygen atoms in total. The second kappa shape index (κ2) is 10.2. The van der Waals surface area contributed by atoms with Crippen molar-refractivity contribution in [3.63, 3.8) is 0 Å². The summed E-state index contributed by atoms with van der Waals surface area (Å²) in [5.41, 5.74) is 5.83. The van der Waals surface area contributed by atoms with Crippen LogP contribution in [0.1, 0.15) is 61.7 Å². The second-order valence-electron chi connectivity index (χ2n) is 11.1. The minimum absolute atomic E-state index is 0.135. The molecular formula is C35H26N2O6. The summed E-state index contributed by atoms with van der Waals surface area (Å²) in [5.74, 6) is -3.30. The van der Waals surface area contributed by atoms with E-state index in [2.05, 4.69) is 29.6 Å². The molecule has 8 heteroatoms. The summed E-state index contributed by atoms with van der Waals surface area (Å²) < 4.78 is 5.17. The molecule has 1 N–H and O–H groups in total. The normalized spacial score (nSPS) is 21.1. The van der Waals surface area contributed by atoms with Crippen molar-refractivity contribution in [1.29, 1.82) is 0 Å². The minimum atomic E-state index is -0.726. The van der Waals surface area contributed by atoms with E-state index in [0.29, 0.717) is 16.9 Å². The van der Waals surface area contributed by atoms with Crippen molar-refractivity contribution in [2.45, 2.75) is 18.8 Å². The van der Waals surface area contributed by atoms with E-state index in [4.69, 9.17) is 4.74 Å². The topological polar surface area (TPSA) is 110 Å². The first kappa shape index (κ1) is 26.5. The molecule has 3 amide bonds. The van der Waals surface area contributed by atoms with Crippen LogP contribution in [0.4, 0.5) is 11.4 Å². The first-order chi connectivity index (χ1) is 20.8. The molecule has 212 valence electrons. The summed E-state index contributed by atoms with van der Waals surface area (Å²) in [6, 6.07) is 28.7. The molecule has 0 spiro atoms. The van der Waals surface area contributed by atoms with Crippen molar-refractivity contribution in [1.82, 2.24) is 0 Å². The fourth-order valence-electron chi connectivity index (χ4n) is 6.91. The first-order valence-electron chi connectivity index (χ1n) is 14.1. The van der Waals surface area contributed by atoms with Crippen molar-refractivity contribution >= 4 is 40.8 Å². The quantitative estimate of drug-likeness (QED) is 0.197. The number of Topliss-reactive ketones (excluding diaryl/α,β-unsaturated/α-hetero) is 1. The van der Waals surface area contributed by atoms with E-state index in [9.17, 15) is 24.0 Å². The first-order valence-corrected chi connectivity index (χ1v) is 14.1. The van der Waals surface area contributed by atoms with E-state index >= 15 is 0 Å². The molecule has 1 fully saturated rings. The zero-order valence-corrected chi connectivity index (χ0v) is 23.2. The maximum Gasteiger partial charge on any atom is 0.338 e. The summed E-state index contributed by atoms with van der Waals surface area (Å²) in [6.07, 6.45) is 0. The van der Waals surface area contributed by atoms with Crippen molar-refractivity contribution in [2.24, 2.45) is 11.8 Å². The lowest BCUT2D eigenvalue weighted by molar-refractivity contribution is -0.122. The molecule has 4 aliphatic rings. The van der Waals surface area contributed by atoms with Gasteiger partial charge in [0.15, 0.2) is 12.4 Å². The second-order valence-corrected chi connectivity index (χ2v) is 11.1. The zero-order chi connectivity index (χ0) is 29.8. The summed E-state index contributed by atoms with van der Waals surface area (Å²) >= 11 is 0. The third-order valence-electron chi connectivity index (χ3n) is 8.70. The molecule has 1 aliphatic heterocycles. The molecule has 3 aliphatic carbocycles. The molecule has 4 aromatic rings. The van der Waals surface area contributed by atoms with E-state index in [1.54, 1.807) is 36.4 Å². The predicted molar refractivity (Wildman–Crippen MR) is 158 cm³/mol. The van der Waals surface area contributed by atoms with Gasteiger partial charge in [-0.1, -0.05) is 60.7 Å². The molecule has 0 radical (unpaired) electrons. The fraction of sp³-hybridized carbons (Fsp3) is 0.171. The lowest BCUT2D eigenvalue weighted by Crippen LogP contribution is -2.41. The van der Waals surface area contributed by atoms with Crippen molar-refractivity contribution in [3.05, 3.63) is 130 Å². The Morgan fingerprint density at radius 1 is 0.698 bits per heavy atom. The van der Waals surface area contributed by atoms with Crippen LogP contribution in [-0.2, 0) is 19.1 Å². The maximum atomic E-state index is 13.9. The smallest absolute Gasteiger partial charge is 0.338 e. The average Bonchev–Trinajstić information content (AvgIpc) is 3.30. The van der Waals surface area contributed by atoms with Gasteiger partial charge in [0.05, 0.1) is 23.1 Å². The van der Waals surface area contributed by atoms with Crippen LogP contribution in [0.3, 0.4) is 0 Å². The van der Waals surface area contributed by atoms with E-state index in [-0.39, 0.29) is 35.0 Å². The van der Waals surface area contributed by atoms with E-state index in [1.165, 1.54) is 24.0 Å². The number of hydrogen-bond acceptors (Lipinski definition) is 6. The van der Waals surface area contributed by atoms with Gasteiger partial charge in [-0.05, 0) is 65.6 Å². The molecule has 1 saturated heterocycles.